The molecule has 2 heterocycles. The zero-order valence-corrected chi connectivity index (χ0v) is 23.5. The molecule has 1 N–H and O–H groups in total. The molecule has 2 aliphatic rings. The molecule has 7 heteroatoms. The first-order chi connectivity index (χ1) is 19.3. The van der Waals surface area contributed by atoms with E-state index < -0.39 is 5.97 Å². The lowest BCUT2D eigenvalue weighted by Crippen LogP contribution is -2.33. The summed E-state index contributed by atoms with van der Waals surface area (Å²) in [7, 11) is 3.32. The molecule has 4 aromatic carbocycles. The van der Waals surface area contributed by atoms with E-state index in [4.69, 9.17) is 25.8 Å². The molecule has 0 saturated heterocycles. The highest BCUT2D eigenvalue weighted by molar-refractivity contribution is 6.30. The van der Waals surface area contributed by atoms with Gasteiger partial charge in [0.15, 0.2) is 0 Å². The van der Waals surface area contributed by atoms with Crippen molar-refractivity contribution in [2.45, 2.75) is 25.9 Å². The van der Waals surface area contributed by atoms with E-state index in [-0.39, 0.29) is 5.54 Å². The molecule has 0 radical (unpaired) electrons. The molecule has 0 bridgehead atoms. The van der Waals surface area contributed by atoms with Gasteiger partial charge in [0, 0.05) is 40.1 Å². The number of rotatable bonds is 6. The highest BCUT2D eigenvalue weighted by Crippen LogP contribution is 2.51. The maximum Gasteiger partial charge on any atom is 0.343 e. The Hall–Kier alpha value is -4.42. The molecule has 202 valence electrons. The van der Waals surface area contributed by atoms with Crippen molar-refractivity contribution in [2.24, 2.45) is 0 Å². The number of hydrogen-bond acceptors (Lipinski definition) is 6. The number of nitrogens with zero attached hydrogens (tertiary/aromatic N) is 1. The summed E-state index contributed by atoms with van der Waals surface area (Å²) in [6, 6.07) is 24.4. The first-order valence-electron chi connectivity index (χ1n) is 13.0. The van der Waals surface area contributed by atoms with Crippen LogP contribution in [0.4, 0.5) is 11.4 Å². The Kier molecular flexibility index (Phi) is 6.43. The molecule has 0 unspecified atom stereocenters. The van der Waals surface area contributed by atoms with Gasteiger partial charge in [0.05, 0.1) is 31.0 Å². The van der Waals surface area contributed by atoms with Crippen LogP contribution in [0.3, 0.4) is 0 Å². The molecular formula is C33H29ClN2O4. The van der Waals surface area contributed by atoms with Crippen LogP contribution in [-0.4, -0.2) is 25.7 Å². The van der Waals surface area contributed by atoms with Crippen LogP contribution in [0.15, 0.2) is 84.9 Å². The minimum Gasteiger partial charge on any atom is -0.496 e. The van der Waals surface area contributed by atoms with Gasteiger partial charge in [-0.25, -0.2) is 4.79 Å². The predicted molar refractivity (Wildman–Crippen MR) is 160 cm³/mol. The second-order valence-electron chi connectivity index (χ2n) is 10.4. The lowest BCUT2D eigenvalue weighted by atomic mass is 9.89. The Bertz CT molecular complexity index is 1660. The van der Waals surface area contributed by atoms with Crippen molar-refractivity contribution in [3.05, 3.63) is 107 Å². The molecular weight excluding hydrogens is 524 g/mol. The van der Waals surface area contributed by atoms with Crippen LogP contribution < -0.4 is 24.4 Å². The Morgan fingerprint density at radius 3 is 2.38 bits per heavy atom. The van der Waals surface area contributed by atoms with Crippen LogP contribution in [0.2, 0.25) is 5.02 Å². The number of carbonyl (C=O) groups excluding carboxylic acids is 1. The average molecular weight is 553 g/mol. The number of halogens is 1. The summed E-state index contributed by atoms with van der Waals surface area (Å²) < 4.78 is 17.2. The smallest absolute Gasteiger partial charge is 0.343 e. The third-order valence-electron chi connectivity index (χ3n) is 7.26. The van der Waals surface area contributed by atoms with Gasteiger partial charge >= 0.3 is 5.97 Å². The van der Waals surface area contributed by atoms with E-state index in [1.54, 1.807) is 50.6 Å². The quantitative estimate of drug-likeness (QED) is 0.194. The zero-order chi connectivity index (χ0) is 28.0. The van der Waals surface area contributed by atoms with Crippen molar-refractivity contribution in [3.8, 4) is 28.4 Å². The van der Waals surface area contributed by atoms with Crippen LogP contribution in [0, 0.1) is 0 Å². The van der Waals surface area contributed by atoms with Gasteiger partial charge in [-0.15, -0.1) is 0 Å². The summed E-state index contributed by atoms with van der Waals surface area (Å²) in [4.78, 5) is 15.0. The number of methoxy groups -OCH3 is 2. The van der Waals surface area contributed by atoms with Crippen LogP contribution in [0.1, 0.15) is 35.3 Å². The third-order valence-corrected chi connectivity index (χ3v) is 7.51. The Balaban J connectivity index is 1.41. The highest BCUT2D eigenvalue weighted by Gasteiger charge is 2.37. The van der Waals surface area contributed by atoms with Crippen molar-refractivity contribution in [2.75, 3.05) is 24.4 Å². The van der Waals surface area contributed by atoms with Gasteiger partial charge in [-0.2, -0.15) is 0 Å². The number of benzene rings is 4. The lowest BCUT2D eigenvalue weighted by molar-refractivity contribution is 0.0734. The van der Waals surface area contributed by atoms with Gasteiger partial charge in [-0.1, -0.05) is 29.8 Å². The lowest BCUT2D eigenvalue weighted by Gasteiger charge is -2.33. The van der Waals surface area contributed by atoms with Crippen molar-refractivity contribution < 1.29 is 19.0 Å². The fraction of sp³-hybridized carbons (Fsp3) is 0.182. The van der Waals surface area contributed by atoms with E-state index in [0.29, 0.717) is 28.6 Å². The van der Waals surface area contributed by atoms with Crippen molar-refractivity contribution in [3.63, 3.8) is 0 Å². The predicted octanol–water partition coefficient (Wildman–Crippen LogP) is 7.81. The third kappa shape index (κ3) is 4.54. The SMILES string of the molecule is COc1cc(OC(=O)c2ccc(Cl)cc2)ccc1-c1ccc2c3c1CN(c1ccccc1OC)C3=CC(C)(C)N2. The first-order valence-corrected chi connectivity index (χ1v) is 13.4. The van der Waals surface area contributed by atoms with E-state index in [0.717, 1.165) is 33.9 Å². The molecule has 0 spiro atoms. The molecule has 0 aromatic heterocycles. The summed E-state index contributed by atoms with van der Waals surface area (Å²) in [5.74, 6) is 1.37. The number of esters is 1. The molecule has 6 nitrogen and oxygen atoms in total. The summed E-state index contributed by atoms with van der Waals surface area (Å²) in [6.07, 6.45) is 2.28. The van der Waals surface area contributed by atoms with Crippen LogP contribution >= 0.6 is 11.6 Å². The minimum absolute atomic E-state index is 0.223. The second-order valence-corrected chi connectivity index (χ2v) is 10.8. The normalized spacial score (nSPS) is 14.6. The molecule has 2 aliphatic heterocycles. The summed E-state index contributed by atoms with van der Waals surface area (Å²) >= 11 is 5.95. The molecule has 4 aromatic rings. The van der Waals surface area contributed by atoms with Crippen molar-refractivity contribution >= 4 is 34.6 Å². The van der Waals surface area contributed by atoms with Gasteiger partial charge < -0.3 is 24.4 Å². The van der Waals surface area contributed by atoms with E-state index >= 15 is 0 Å². The van der Waals surface area contributed by atoms with Gasteiger partial charge in [0.1, 0.15) is 17.2 Å². The molecule has 0 aliphatic carbocycles. The van der Waals surface area contributed by atoms with Gasteiger partial charge in [-0.05, 0) is 85.6 Å². The number of carbonyl (C=O) groups is 1. The van der Waals surface area contributed by atoms with Gasteiger partial charge in [0.25, 0.3) is 0 Å². The fourth-order valence-electron chi connectivity index (χ4n) is 5.49. The van der Waals surface area contributed by atoms with Crippen LogP contribution in [0.25, 0.3) is 16.8 Å². The zero-order valence-electron chi connectivity index (χ0n) is 22.7. The van der Waals surface area contributed by atoms with Crippen molar-refractivity contribution in [1.82, 2.24) is 0 Å². The van der Waals surface area contributed by atoms with Gasteiger partial charge in [0.2, 0.25) is 0 Å². The average Bonchev–Trinajstić information content (AvgIpc) is 3.32. The first kappa shape index (κ1) is 25.8. The summed E-state index contributed by atoms with van der Waals surface area (Å²) in [5, 5.41) is 4.23. The van der Waals surface area contributed by atoms with Crippen molar-refractivity contribution in [1.29, 1.82) is 0 Å². The summed E-state index contributed by atoms with van der Waals surface area (Å²) in [6.45, 7) is 5.00. The van der Waals surface area contributed by atoms with E-state index in [1.165, 1.54) is 11.1 Å². The molecule has 0 saturated carbocycles. The molecule has 6 rings (SSSR count). The topological polar surface area (TPSA) is 60.0 Å². The van der Waals surface area contributed by atoms with Crippen LogP contribution in [0.5, 0.6) is 17.2 Å². The number of anilines is 2. The van der Waals surface area contributed by atoms with E-state index in [1.807, 2.05) is 24.3 Å². The maximum absolute atomic E-state index is 12.7. The number of para-hydroxylation sites is 2. The summed E-state index contributed by atoms with van der Waals surface area (Å²) in [5.41, 5.74) is 7.76. The molecule has 0 atom stereocenters. The molecule has 0 fully saturated rings. The largest absolute Gasteiger partial charge is 0.496 e. The number of hydrogen-bond donors (Lipinski definition) is 1. The number of nitrogens with one attached hydrogen (secondary N) is 1. The Morgan fingerprint density at radius 1 is 0.900 bits per heavy atom. The Morgan fingerprint density at radius 2 is 1.62 bits per heavy atom. The molecule has 40 heavy (non-hydrogen) atoms. The van der Waals surface area contributed by atoms with Gasteiger partial charge in [-0.3, -0.25) is 0 Å². The minimum atomic E-state index is -0.463. The van der Waals surface area contributed by atoms with E-state index in [9.17, 15) is 4.79 Å². The Labute approximate surface area is 238 Å². The molecule has 0 amide bonds. The maximum atomic E-state index is 12.7. The highest BCUT2D eigenvalue weighted by atomic mass is 35.5. The fourth-order valence-corrected chi connectivity index (χ4v) is 5.62. The number of ether oxygens (including phenoxy) is 3. The van der Waals surface area contributed by atoms with Crippen LogP contribution in [-0.2, 0) is 6.54 Å². The second kappa shape index (κ2) is 9.96. The standard InChI is InChI=1S/C33H29ClN2O4/c1-33(2)18-28-31-25(19-36(28)27-7-5-6-8-29(27)38-3)23(15-16-26(31)35-33)24-14-13-22(17-30(24)39-4)40-32(37)20-9-11-21(34)12-10-20/h5-18,35H,19H2,1-4H3. The monoisotopic (exact) mass is 552 g/mol. The van der Waals surface area contributed by atoms with E-state index in [2.05, 4.69) is 48.3 Å².